The third-order valence-electron chi connectivity index (χ3n) is 3.49. The monoisotopic (exact) mass is 329 g/mol. The summed E-state index contributed by atoms with van der Waals surface area (Å²) in [6, 6.07) is 7.82. The van der Waals surface area contributed by atoms with Crippen LogP contribution in [0.1, 0.15) is 20.3 Å². The van der Waals surface area contributed by atoms with Crippen molar-refractivity contribution in [1.82, 2.24) is 24.9 Å². The van der Waals surface area contributed by atoms with Crippen molar-refractivity contribution in [2.45, 2.75) is 25.3 Å². The zero-order valence-electron chi connectivity index (χ0n) is 13.2. The first-order valence-corrected chi connectivity index (χ1v) is 8.61. The number of thioether (sulfide) groups is 1. The summed E-state index contributed by atoms with van der Waals surface area (Å²) in [4.78, 5) is 16.5. The fourth-order valence-electron chi connectivity index (χ4n) is 2.26. The zero-order valence-corrected chi connectivity index (χ0v) is 14.0. The second-order valence-electron chi connectivity index (χ2n) is 5.75. The van der Waals surface area contributed by atoms with Crippen molar-refractivity contribution in [3.8, 4) is 0 Å². The molecular weight excluding hydrogens is 310 g/mol. The minimum Gasteiger partial charge on any atom is -0.355 e. The van der Waals surface area contributed by atoms with Gasteiger partial charge in [0.1, 0.15) is 11.4 Å². The molecule has 6 nitrogen and oxygen atoms in total. The number of carbonyl (C=O) groups excluding carboxylic acids is 1. The topological polar surface area (TPSA) is 72.2 Å². The fourth-order valence-corrected chi connectivity index (χ4v) is 3.06. The molecule has 0 aliphatic rings. The van der Waals surface area contributed by atoms with E-state index in [0.717, 1.165) is 22.5 Å². The van der Waals surface area contributed by atoms with Gasteiger partial charge >= 0.3 is 0 Å². The van der Waals surface area contributed by atoms with E-state index < -0.39 is 0 Å². The number of hydrogen-bond acceptors (Lipinski definition) is 5. The van der Waals surface area contributed by atoms with Crippen LogP contribution in [0.2, 0.25) is 0 Å². The number of aromatic nitrogens is 4. The Balaban J connectivity index is 1.74. The van der Waals surface area contributed by atoms with E-state index in [-0.39, 0.29) is 5.91 Å². The lowest BCUT2D eigenvalue weighted by molar-refractivity contribution is -0.118. The molecule has 0 saturated carbocycles. The first kappa shape index (κ1) is 15.7. The van der Waals surface area contributed by atoms with Crippen molar-refractivity contribution in [3.63, 3.8) is 0 Å². The summed E-state index contributed by atoms with van der Waals surface area (Å²) in [5.41, 5.74) is 2.50. The number of hydrogen-bond donors (Lipinski definition) is 1. The van der Waals surface area contributed by atoms with Crippen LogP contribution in [-0.2, 0) is 4.79 Å². The molecule has 0 spiro atoms. The highest BCUT2D eigenvalue weighted by Crippen LogP contribution is 2.24. The molecule has 7 heteroatoms. The number of nitrogens with one attached hydrogen (secondary N) is 1. The van der Waals surface area contributed by atoms with Crippen LogP contribution in [-0.4, -0.2) is 37.8 Å². The minimum absolute atomic E-state index is 0.0169. The van der Waals surface area contributed by atoms with Gasteiger partial charge in [0.15, 0.2) is 5.65 Å². The SMILES string of the molecule is CC(C)CCNC(=O)CSc1nc2ccccc2n2cnnc12. The van der Waals surface area contributed by atoms with Crippen molar-refractivity contribution in [3.05, 3.63) is 30.6 Å². The maximum atomic E-state index is 11.9. The van der Waals surface area contributed by atoms with E-state index in [2.05, 4.69) is 34.3 Å². The van der Waals surface area contributed by atoms with Gasteiger partial charge in [0.2, 0.25) is 5.91 Å². The van der Waals surface area contributed by atoms with Gasteiger partial charge in [0.05, 0.1) is 16.8 Å². The van der Waals surface area contributed by atoms with Crippen LogP contribution in [0.3, 0.4) is 0 Å². The van der Waals surface area contributed by atoms with Crippen molar-refractivity contribution in [2.75, 3.05) is 12.3 Å². The maximum Gasteiger partial charge on any atom is 0.230 e. The van der Waals surface area contributed by atoms with Crippen LogP contribution in [0.4, 0.5) is 0 Å². The molecule has 0 atom stereocenters. The Hall–Kier alpha value is -2.15. The summed E-state index contributed by atoms with van der Waals surface area (Å²) < 4.78 is 1.90. The number of para-hydroxylation sites is 2. The lowest BCUT2D eigenvalue weighted by Crippen LogP contribution is -2.26. The fraction of sp³-hybridized carbons (Fsp3) is 0.375. The molecule has 1 N–H and O–H groups in total. The number of carbonyl (C=O) groups is 1. The van der Waals surface area contributed by atoms with Gasteiger partial charge in [-0.3, -0.25) is 9.20 Å². The van der Waals surface area contributed by atoms with Crippen molar-refractivity contribution < 1.29 is 4.79 Å². The van der Waals surface area contributed by atoms with Crippen LogP contribution >= 0.6 is 11.8 Å². The second kappa shape index (κ2) is 6.95. The van der Waals surface area contributed by atoms with E-state index in [1.807, 2.05) is 28.7 Å². The van der Waals surface area contributed by atoms with E-state index in [1.54, 1.807) is 6.33 Å². The molecule has 1 amide bonds. The van der Waals surface area contributed by atoms with Gasteiger partial charge in [-0.15, -0.1) is 10.2 Å². The van der Waals surface area contributed by atoms with Crippen LogP contribution in [0.15, 0.2) is 35.6 Å². The summed E-state index contributed by atoms with van der Waals surface area (Å²) in [6.07, 6.45) is 2.66. The molecule has 3 rings (SSSR count). The van der Waals surface area contributed by atoms with Gasteiger partial charge in [-0.05, 0) is 24.5 Å². The van der Waals surface area contributed by atoms with Gasteiger partial charge in [0.25, 0.3) is 0 Å². The Morgan fingerprint density at radius 2 is 2.17 bits per heavy atom. The third-order valence-corrected chi connectivity index (χ3v) is 4.44. The van der Waals surface area contributed by atoms with E-state index in [4.69, 9.17) is 0 Å². The minimum atomic E-state index is 0.0169. The standard InChI is InChI=1S/C16H19N5OS/c1-11(2)7-8-17-14(22)9-23-16-15-20-18-10-21(15)13-6-4-3-5-12(13)19-16/h3-6,10-11H,7-9H2,1-2H3,(H,17,22). The molecule has 3 aromatic rings. The number of benzene rings is 1. The highest BCUT2D eigenvalue weighted by Gasteiger charge is 2.12. The van der Waals surface area contributed by atoms with Crippen LogP contribution in [0, 0.1) is 5.92 Å². The van der Waals surface area contributed by atoms with Crippen molar-refractivity contribution in [1.29, 1.82) is 0 Å². The third kappa shape index (κ3) is 3.61. The van der Waals surface area contributed by atoms with E-state index in [9.17, 15) is 4.79 Å². The van der Waals surface area contributed by atoms with Gasteiger partial charge in [-0.2, -0.15) is 0 Å². The molecule has 0 unspecified atom stereocenters. The molecule has 0 radical (unpaired) electrons. The average Bonchev–Trinajstić information content (AvgIpc) is 3.02. The molecule has 0 aliphatic carbocycles. The van der Waals surface area contributed by atoms with Crippen LogP contribution < -0.4 is 5.32 Å². The number of rotatable bonds is 6. The van der Waals surface area contributed by atoms with Crippen LogP contribution in [0.25, 0.3) is 16.7 Å². The summed E-state index contributed by atoms with van der Waals surface area (Å²) in [7, 11) is 0. The quantitative estimate of drug-likeness (QED) is 0.704. The molecule has 0 saturated heterocycles. The largest absolute Gasteiger partial charge is 0.355 e. The predicted octanol–water partition coefficient (Wildman–Crippen LogP) is 2.53. The van der Waals surface area contributed by atoms with Crippen molar-refractivity contribution >= 4 is 34.3 Å². The lowest BCUT2D eigenvalue weighted by atomic mass is 10.1. The normalized spacial score (nSPS) is 11.4. The zero-order chi connectivity index (χ0) is 16.2. The number of fused-ring (bicyclic) bond motifs is 3. The Kier molecular flexibility index (Phi) is 4.76. The molecule has 0 fully saturated rings. The van der Waals surface area contributed by atoms with Gasteiger partial charge in [-0.25, -0.2) is 4.98 Å². The molecule has 2 aromatic heterocycles. The Morgan fingerprint density at radius 1 is 1.35 bits per heavy atom. The molecule has 0 bridgehead atoms. The number of amides is 1. The van der Waals surface area contributed by atoms with Crippen molar-refractivity contribution in [2.24, 2.45) is 5.92 Å². The van der Waals surface area contributed by atoms with Gasteiger partial charge in [-0.1, -0.05) is 37.7 Å². The number of nitrogens with zero attached hydrogens (tertiary/aromatic N) is 4. The Morgan fingerprint density at radius 3 is 3.00 bits per heavy atom. The smallest absolute Gasteiger partial charge is 0.230 e. The molecule has 0 aliphatic heterocycles. The first-order chi connectivity index (χ1) is 11.1. The predicted molar refractivity (Wildman–Crippen MR) is 91.5 cm³/mol. The average molecular weight is 329 g/mol. The van der Waals surface area contributed by atoms with Gasteiger partial charge < -0.3 is 5.32 Å². The second-order valence-corrected chi connectivity index (χ2v) is 6.72. The first-order valence-electron chi connectivity index (χ1n) is 7.63. The summed E-state index contributed by atoms with van der Waals surface area (Å²) in [5, 5.41) is 11.8. The Bertz CT molecular complexity index is 830. The Labute approximate surface area is 138 Å². The molecular formula is C16H19N5OS. The summed E-state index contributed by atoms with van der Waals surface area (Å²) in [6.45, 7) is 4.99. The lowest BCUT2D eigenvalue weighted by Gasteiger charge is -2.08. The van der Waals surface area contributed by atoms with E-state index >= 15 is 0 Å². The molecule has 120 valence electrons. The molecule has 1 aromatic carbocycles. The highest BCUT2D eigenvalue weighted by molar-refractivity contribution is 8.00. The molecule has 23 heavy (non-hydrogen) atoms. The van der Waals surface area contributed by atoms with E-state index in [1.165, 1.54) is 11.8 Å². The van der Waals surface area contributed by atoms with E-state index in [0.29, 0.717) is 23.9 Å². The maximum absolute atomic E-state index is 11.9. The highest BCUT2D eigenvalue weighted by atomic mass is 32.2. The molecule has 2 heterocycles. The van der Waals surface area contributed by atoms with Crippen LogP contribution in [0.5, 0.6) is 0 Å². The summed E-state index contributed by atoms with van der Waals surface area (Å²) in [5.74, 6) is 0.926. The summed E-state index contributed by atoms with van der Waals surface area (Å²) >= 11 is 1.39. The van der Waals surface area contributed by atoms with Gasteiger partial charge in [0, 0.05) is 6.54 Å².